The van der Waals surface area contributed by atoms with Gasteiger partial charge < -0.3 is 20.1 Å². The highest BCUT2D eigenvalue weighted by atomic mass is 16.5. The van der Waals surface area contributed by atoms with Crippen LogP contribution in [-0.2, 0) is 14.3 Å². The van der Waals surface area contributed by atoms with Gasteiger partial charge >= 0.3 is 5.97 Å². The van der Waals surface area contributed by atoms with Crippen molar-refractivity contribution < 1.29 is 23.9 Å². The molecule has 0 radical (unpaired) electrons. The van der Waals surface area contributed by atoms with Gasteiger partial charge in [0.1, 0.15) is 5.75 Å². The summed E-state index contributed by atoms with van der Waals surface area (Å²) < 4.78 is 9.85. The first-order chi connectivity index (χ1) is 13.0. The second-order valence-corrected chi connectivity index (χ2v) is 5.61. The molecule has 0 saturated carbocycles. The van der Waals surface area contributed by atoms with Crippen molar-refractivity contribution in [3.63, 3.8) is 0 Å². The molecule has 27 heavy (non-hydrogen) atoms. The van der Waals surface area contributed by atoms with Gasteiger partial charge in [-0.15, -0.1) is 0 Å². The predicted octanol–water partition coefficient (Wildman–Crippen LogP) is 3.23. The molecule has 0 aromatic heterocycles. The van der Waals surface area contributed by atoms with Crippen LogP contribution < -0.4 is 15.4 Å². The number of amides is 2. The first-order valence-electron chi connectivity index (χ1n) is 8.52. The van der Waals surface area contributed by atoms with Crippen molar-refractivity contribution in [2.24, 2.45) is 0 Å². The quantitative estimate of drug-likeness (QED) is 0.696. The topological polar surface area (TPSA) is 93.7 Å². The molecule has 0 bridgehead atoms. The molecule has 2 aromatic rings. The van der Waals surface area contributed by atoms with Crippen LogP contribution in [0.25, 0.3) is 0 Å². The van der Waals surface area contributed by atoms with Gasteiger partial charge in [0.2, 0.25) is 5.91 Å². The third-order valence-electron chi connectivity index (χ3n) is 3.64. The van der Waals surface area contributed by atoms with Crippen LogP contribution in [0.5, 0.6) is 5.75 Å². The van der Waals surface area contributed by atoms with Crippen LogP contribution in [-0.4, -0.2) is 31.5 Å². The van der Waals surface area contributed by atoms with Crippen LogP contribution in [0, 0.1) is 0 Å². The Morgan fingerprint density at radius 3 is 2.04 bits per heavy atom. The van der Waals surface area contributed by atoms with Crippen LogP contribution in [0.15, 0.2) is 48.5 Å². The summed E-state index contributed by atoms with van der Waals surface area (Å²) in [6.45, 7) is 2.00. The average molecular weight is 370 g/mol. The number of methoxy groups -OCH3 is 1. The molecule has 7 heteroatoms. The third kappa shape index (κ3) is 6.47. The minimum Gasteiger partial charge on any atom is -0.497 e. The zero-order valence-electron chi connectivity index (χ0n) is 15.3. The fourth-order valence-electron chi connectivity index (χ4n) is 2.25. The first kappa shape index (κ1) is 20.0. The van der Waals surface area contributed by atoms with E-state index in [1.807, 2.05) is 0 Å². The predicted molar refractivity (Wildman–Crippen MR) is 102 cm³/mol. The molecule has 0 spiro atoms. The monoisotopic (exact) mass is 370 g/mol. The molecule has 7 nitrogen and oxygen atoms in total. The summed E-state index contributed by atoms with van der Waals surface area (Å²) in [5.41, 5.74) is 1.65. The fraction of sp³-hybridized carbons (Fsp3) is 0.250. The Bertz CT molecular complexity index is 785. The number of carbonyl (C=O) groups is 3. The van der Waals surface area contributed by atoms with E-state index in [0.717, 1.165) is 0 Å². The van der Waals surface area contributed by atoms with Gasteiger partial charge in [-0.3, -0.25) is 14.4 Å². The number of anilines is 2. The highest BCUT2D eigenvalue weighted by molar-refractivity contribution is 6.04. The Morgan fingerprint density at radius 1 is 0.852 bits per heavy atom. The molecule has 0 aliphatic rings. The molecule has 0 saturated heterocycles. The average Bonchev–Trinajstić information content (AvgIpc) is 2.68. The maximum absolute atomic E-state index is 12.3. The molecule has 0 atom stereocenters. The largest absolute Gasteiger partial charge is 0.497 e. The summed E-state index contributed by atoms with van der Waals surface area (Å²) in [7, 11) is 1.57. The molecule has 0 heterocycles. The van der Waals surface area contributed by atoms with E-state index in [1.54, 1.807) is 62.6 Å². The Labute approximate surface area is 157 Å². The zero-order valence-corrected chi connectivity index (χ0v) is 15.3. The van der Waals surface area contributed by atoms with Crippen molar-refractivity contribution in [1.82, 2.24) is 0 Å². The van der Waals surface area contributed by atoms with Gasteiger partial charge in [-0.2, -0.15) is 0 Å². The lowest BCUT2D eigenvalue weighted by Crippen LogP contribution is -2.15. The highest BCUT2D eigenvalue weighted by Gasteiger charge is 2.09. The van der Waals surface area contributed by atoms with E-state index in [2.05, 4.69) is 10.6 Å². The molecule has 2 aromatic carbocycles. The maximum Gasteiger partial charge on any atom is 0.306 e. The van der Waals surface area contributed by atoms with Gasteiger partial charge in [0.05, 0.1) is 20.1 Å². The smallest absolute Gasteiger partial charge is 0.306 e. The van der Waals surface area contributed by atoms with Crippen LogP contribution in [0.3, 0.4) is 0 Å². The van der Waals surface area contributed by atoms with E-state index in [1.165, 1.54) is 0 Å². The lowest BCUT2D eigenvalue weighted by Gasteiger charge is -2.08. The van der Waals surface area contributed by atoms with Gasteiger partial charge in [-0.25, -0.2) is 0 Å². The van der Waals surface area contributed by atoms with Crippen molar-refractivity contribution in [2.45, 2.75) is 19.8 Å². The van der Waals surface area contributed by atoms with Crippen molar-refractivity contribution >= 4 is 29.2 Å². The number of nitrogens with one attached hydrogen (secondary N) is 2. The van der Waals surface area contributed by atoms with Gasteiger partial charge in [-0.1, -0.05) is 0 Å². The summed E-state index contributed by atoms with van der Waals surface area (Å²) in [5.74, 6) is -0.256. The van der Waals surface area contributed by atoms with E-state index in [9.17, 15) is 14.4 Å². The SMILES string of the molecule is CCOC(=O)CCC(=O)Nc1ccc(C(=O)Nc2ccc(OC)cc2)cc1. The Balaban J connectivity index is 1.87. The fourth-order valence-corrected chi connectivity index (χ4v) is 2.25. The molecule has 2 rings (SSSR count). The van der Waals surface area contributed by atoms with E-state index >= 15 is 0 Å². The van der Waals surface area contributed by atoms with E-state index < -0.39 is 5.97 Å². The number of rotatable bonds is 8. The van der Waals surface area contributed by atoms with Crippen LogP contribution >= 0.6 is 0 Å². The summed E-state index contributed by atoms with van der Waals surface area (Å²) >= 11 is 0. The molecule has 0 aliphatic carbocycles. The Hall–Kier alpha value is -3.35. The normalized spacial score (nSPS) is 10.0. The molecule has 0 aliphatic heterocycles. The molecule has 142 valence electrons. The van der Waals surface area contributed by atoms with E-state index in [4.69, 9.17) is 9.47 Å². The number of hydrogen-bond acceptors (Lipinski definition) is 5. The molecular weight excluding hydrogens is 348 g/mol. The number of carbonyl (C=O) groups excluding carboxylic acids is 3. The van der Waals surface area contributed by atoms with Gasteiger partial charge in [0.15, 0.2) is 0 Å². The second kappa shape index (κ2) is 9.96. The van der Waals surface area contributed by atoms with Gasteiger partial charge in [-0.05, 0) is 55.5 Å². The number of hydrogen-bond donors (Lipinski definition) is 2. The zero-order chi connectivity index (χ0) is 19.6. The van der Waals surface area contributed by atoms with E-state index in [-0.39, 0.29) is 24.7 Å². The standard InChI is InChI=1S/C20H22N2O5/c1-3-27-19(24)13-12-18(23)21-15-6-4-14(5-7-15)20(25)22-16-8-10-17(26-2)11-9-16/h4-11H,3,12-13H2,1-2H3,(H,21,23)(H,22,25). The summed E-state index contributed by atoms with van der Waals surface area (Å²) in [5, 5.41) is 5.46. The van der Waals surface area contributed by atoms with Crippen molar-refractivity contribution in [1.29, 1.82) is 0 Å². The van der Waals surface area contributed by atoms with Crippen LogP contribution in [0.2, 0.25) is 0 Å². The lowest BCUT2D eigenvalue weighted by molar-refractivity contribution is -0.144. The van der Waals surface area contributed by atoms with Gasteiger partial charge in [0.25, 0.3) is 5.91 Å². The van der Waals surface area contributed by atoms with Crippen molar-refractivity contribution in [2.75, 3.05) is 24.4 Å². The lowest BCUT2D eigenvalue weighted by atomic mass is 10.2. The third-order valence-corrected chi connectivity index (χ3v) is 3.64. The molecule has 2 amide bonds. The van der Waals surface area contributed by atoms with E-state index in [0.29, 0.717) is 29.3 Å². The number of benzene rings is 2. The summed E-state index contributed by atoms with van der Waals surface area (Å²) in [6, 6.07) is 13.5. The number of ether oxygens (including phenoxy) is 2. The van der Waals surface area contributed by atoms with Crippen LogP contribution in [0.4, 0.5) is 11.4 Å². The molecule has 2 N–H and O–H groups in total. The number of esters is 1. The minimum atomic E-state index is -0.404. The Kier molecular flexibility index (Phi) is 7.37. The minimum absolute atomic E-state index is 0.0298. The molecule has 0 fully saturated rings. The molecule has 0 unspecified atom stereocenters. The second-order valence-electron chi connectivity index (χ2n) is 5.61. The summed E-state index contributed by atoms with van der Waals surface area (Å²) in [6.07, 6.45) is 0.0700. The van der Waals surface area contributed by atoms with Crippen molar-refractivity contribution in [3.8, 4) is 5.75 Å². The highest BCUT2D eigenvalue weighted by Crippen LogP contribution is 2.17. The van der Waals surface area contributed by atoms with Crippen LogP contribution in [0.1, 0.15) is 30.1 Å². The first-order valence-corrected chi connectivity index (χ1v) is 8.52. The summed E-state index contributed by atoms with van der Waals surface area (Å²) in [4.78, 5) is 35.3. The Morgan fingerprint density at radius 2 is 1.44 bits per heavy atom. The molecular formula is C20H22N2O5. The maximum atomic E-state index is 12.3. The van der Waals surface area contributed by atoms with Gasteiger partial charge in [0, 0.05) is 23.4 Å². The van der Waals surface area contributed by atoms with Crippen molar-refractivity contribution in [3.05, 3.63) is 54.1 Å².